The molecule has 2 heterocycles. The minimum absolute atomic E-state index is 0.0867. The van der Waals surface area contributed by atoms with Crippen molar-refractivity contribution in [3.8, 4) is 0 Å². The predicted octanol–water partition coefficient (Wildman–Crippen LogP) is 3.60. The van der Waals surface area contributed by atoms with Crippen molar-refractivity contribution in [2.75, 3.05) is 0 Å². The number of nitrogens with one attached hydrogen (secondary N) is 1. The highest BCUT2D eigenvalue weighted by Crippen LogP contribution is 2.19. The maximum absolute atomic E-state index is 13.1. The first-order chi connectivity index (χ1) is 13.0. The molecule has 3 aromatic rings. The summed E-state index contributed by atoms with van der Waals surface area (Å²) < 4.78 is 6.89. The van der Waals surface area contributed by atoms with E-state index >= 15 is 0 Å². The molecule has 1 amide bonds. The van der Waals surface area contributed by atoms with Gasteiger partial charge in [-0.2, -0.15) is 0 Å². The van der Waals surface area contributed by atoms with Crippen LogP contribution >= 0.6 is 27.5 Å². The smallest absolute Gasteiger partial charge is 0.251 e. The Bertz CT molecular complexity index is 1030. The number of hydrogen-bond donors (Lipinski definition) is 1. The highest BCUT2D eigenvalue weighted by molar-refractivity contribution is 9.10. The summed E-state index contributed by atoms with van der Waals surface area (Å²) >= 11 is 9.28. The number of rotatable bonds is 6. The van der Waals surface area contributed by atoms with E-state index in [9.17, 15) is 14.4 Å². The van der Waals surface area contributed by atoms with E-state index in [1.807, 2.05) is 0 Å². The highest BCUT2D eigenvalue weighted by Gasteiger charge is 2.30. The highest BCUT2D eigenvalue weighted by atomic mass is 79.9. The van der Waals surface area contributed by atoms with Crippen LogP contribution in [0.4, 0.5) is 0 Å². The summed E-state index contributed by atoms with van der Waals surface area (Å²) in [7, 11) is 0. The van der Waals surface area contributed by atoms with Crippen molar-refractivity contribution in [1.29, 1.82) is 0 Å². The molecular weight excluding hydrogens is 436 g/mol. The van der Waals surface area contributed by atoms with Gasteiger partial charge in [0.15, 0.2) is 11.8 Å². The number of benzene rings is 1. The first kappa shape index (κ1) is 19.1. The maximum Gasteiger partial charge on any atom is 0.251 e. The molecule has 138 valence electrons. The largest absolute Gasteiger partial charge is 0.467 e. The van der Waals surface area contributed by atoms with Gasteiger partial charge in [-0.05, 0) is 30.3 Å². The summed E-state index contributed by atoms with van der Waals surface area (Å²) in [6.45, 7) is 0.0867. The number of pyridine rings is 1. The molecule has 27 heavy (non-hydrogen) atoms. The fraction of sp³-hybridized carbons (Fsp3) is 0.105. The molecule has 8 heteroatoms. The Labute approximate surface area is 167 Å². The fourth-order valence-corrected chi connectivity index (χ4v) is 3.10. The molecule has 0 saturated carbocycles. The summed E-state index contributed by atoms with van der Waals surface area (Å²) in [5, 5.41) is 2.86. The van der Waals surface area contributed by atoms with E-state index in [1.165, 1.54) is 24.6 Å². The molecule has 0 aliphatic carbocycles. The number of furan rings is 1. The molecule has 1 aromatic carbocycles. The second-order valence-electron chi connectivity index (χ2n) is 5.67. The van der Waals surface area contributed by atoms with Crippen molar-refractivity contribution in [1.82, 2.24) is 9.88 Å². The Balaban J connectivity index is 1.97. The number of carbonyl (C=O) groups excluding carboxylic acids is 2. The lowest BCUT2D eigenvalue weighted by Crippen LogP contribution is -2.41. The van der Waals surface area contributed by atoms with Crippen LogP contribution in [0.25, 0.3) is 0 Å². The maximum atomic E-state index is 13.1. The van der Waals surface area contributed by atoms with Gasteiger partial charge in [0, 0.05) is 22.3 Å². The summed E-state index contributed by atoms with van der Waals surface area (Å²) in [4.78, 5) is 38.2. The van der Waals surface area contributed by atoms with E-state index in [0.29, 0.717) is 10.2 Å². The molecular formula is C19H14BrClN2O4. The lowest BCUT2D eigenvalue weighted by molar-refractivity contribution is -0.123. The van der Waals surface area contributed by atoms with E-state index in [1.54, 1.807) is 36.4 Å². The number of halogens is 2. The summed E-state index contributed by atoms with van der Waals surface area (Å²) in [5.41, 5.74) is -0.227. The molecule has 0 spiro atoms. The quantitative estimate of drug-likeness (QED) is 0.460. The van der Waals surface area contributed by atoms with Crippen LogP contribution in [0.3, 0.4) is 0 Å². The van der Waals surface area contributed by atoms with Crippen LogP contribution < -0.4 is 10.9 Å². The molecule has 0 radical (unpaired) electrons. The van der Waals surface area contributed by atoms with Crippen molar-refractivity contribution < 1.29 is 14.0 Å². The predicted molar refractivity (Wildman–Crippen MR) is 104 cm³/mol. The second-order valence-corrected chi connectivity index (χ2v) is 7.02. The van der Waals surface area contributed by atoms with Crippen molar-refractivity contribution in [3.05, 3.63) is 92.2 Å². The number of hydrogen-bond acceptors (Lipinski definition) is 4. The molecule has 0 aliphatic rings. The third-order valence-corrected chi connectivity index (χ3v) is 4.52. The van der Waals surface area contributed by atoms with Crippen molar-refractivity contribution in [2.24, 2.45) is 0 Å². The average Bonchev–Trinajstić information content (AvgIpc) is 3.16. The van der Waals surface area contributed by atoms with Gasteiger partial charge < -0.3 is 9.73 Å². The Morgan fingerprint density at radius 2 is 2.00 bits per heavy atom. The Morgan fingerprint density at radius 3 is 2.70 bits per heavy atom. The van der Waals surface area contributed by atoms with Gasteiger partial charge in [-0.1, -0.05) is 39.7 Å². The van der Waals surface area contributed by atoms with Gasteiger partial charge in [0.2, 0.25) is 0 Å². The van der Waals surface area contributed by atoms with E-state index in [2.05, 4.69) is 21.2 Å². The zero-order chi connectivity index (χ0) is 19.4. The lowest BCUT2D eigenvalue weighted by atomic mass is 10.0. The van der Waals surface area contributed by atoms with Crippen molar-refractivity contribution >= 4 is 39.2 Å². The van der Waals surface area contributed by atoms with Crippen LogP contribution in [0.1, 0.15) is 22.2 Å². The molecule has 1 N–H and O–H groups in total. The van der Waals surface area contributed by atoms with Crippen LogP contribution in [-0.2, 0) is 11.3 Å². The van der Waals surface area contributed by atoms with Gasteiger partial charge >= 0.3 is 0 Å². The van der Waals surface area contributed by atoms with Gasteiger partial charge in [0.05, 0.1) is 17.8 Å². The summed E-state index contributed by atoms with van der Waals surface area (Å²) in [5.74, 6) is -0.645. The number of carbonyl (C=O) groups is 2. The normalized spacial score (nSPS) is 11.8. The van der Waals surface area contributed by atoms with E-state index < -0.39 is 23.3 Å². The SMILES string of the molecule is O=C(NCc1ccco1)[C@H](C(=O)c1cccc(Br)c1)n1cc(Cl)ccc1=O. The Kier molecular flexibility index (Phi) is 5.93. The standard InChI is InChI=1S/C19H14BrClN2O4/c20-13-4-1-3-12(9-13)18(25)17(23-11-14(21)6-7-16(23)24)19(26)22-10-15-5-2-8-27-15/h1-9,11,17H,10H2,(H,22,26)/t17-/m0/s1. The first-order valence-electron chi connectivity index (χ1n) is 7.93. The third-order valence-electron chi connectivity index (χ3n) is 3.80. The van der Waals surface area contributed by atoms with Gasteiger partial charge in [0.25, 0.3) is 11.5 Å². The molecule has 1 atom stereocenters. The molecule has 0 fully saturated rings. The molecule has 3 rings (SSSR count). The Morgan fingerprint density at radius 1 is 1.19 bits per heavy atom. The monoisotopic (exact) mass is 448 g/mol. The average molecular weight is 450 g/mol. The fourth-order valence-electron chi connectivity index (χ4n) is 2.53. The Hall–Kier alpha value is -2.64. The first-order valence-corrected chi connectivity index (χ1v) is 9.10. The van der Waals surface area contributed by atoms with E-state index in [4.69, 9.17) is 16.0 Å². The molecule has 6 nitrogen and oxygen atoms in total. The number of amides is 1. The third kappa shape index (κ3) is 4.56. The lowest BCUT2D eigenvalue weighted by Gasteiger charge is -2.18. The van der Waals surface area contributed by atoms with Crippen LogP contribution in [0, 0.1) is 0 Å². The van der Waals surface area contributed by atoms with Crippen LogP contribution in [0.15, 0.2) is 74.7 Å². The van der Waals surface area contributed by atoms with Crippen molar-refractivity contribution in [2.45, 2.75) is 12.6 Å². The summed E-state index contributed by atoms with van der Waals surface area (Å²) in [6.07, 6.45) is 2.75. The molecule has 0 unspecified atom stereocenters. The van der Waals surface area contributed by atoms with Crippen molar-refractivity contribution in [3.63, 3.8) is 0 Å². The molecule has 0 bridgehead atoms. The van der Waals surface area contributed by atoms with Gasteiger partial charge in [-0.25, -0.2) is 0 Å². The number of ketones is 1. The van der Waals surface area contributed by atoms with Gasteiger partial charge in [-0.15, -0.1) is 0 Å². The van der Waals surface area contributed by atoms with Crippen LogP contribution in [0.5, 0.6) is 0 Å². The number of Topliss-reactive ketones (excluding diaryl/α,β-unsaturated/α-hetero) is 1. The number of aromatic nitrogens is 1. The number of nitrogens with zero attached hydrogens (tertiary/aromatic N) is 1. The molecule has 2 aromatic heterocycles. The van der Waals surface area contributed by atoms with Gasteiger partial charge in [-0.3, -0.25) is 19.0 Å². The van der Waals surface area contributed by atoms with Crippen LogP contribution in [0.2, 0.25) is 5.02 Å². The second kappa shape index (κ2) is 8.37. The minimum Gasteiger partial charge on any atom is -0.467 e. The van der Waals surface area contributed by atoms with E-state index in [0.717, 1.165) is 4.57 Å². The topological polar surface area (TPSA) is 81.3 Å². The molecule has 0 saturated heterocycles. The summed E-state index contributed by atoms with van der Waals surface area (Å²) in [6, 6.07) is 11.2. The van der Waals surface area contributed by atoms with Crippen LogP contribution in [-0.4, -0.2) is 16.3 Å². The minimum atomic E-state index is -1.40. The zero-order valence-corrected chi connectivity index (χ0v) is 16.2. The molecule has 0 aliphatic heterocycles. The zero-order valence-electron chi connectivity index (χ0n) is 13.9. The van der Waals surface area contributed by atoms with E-state index in [-0.39, 0.29) is 17.1 Å². The van der Waals surface area contributed by atoms with Gasteiger partial charge in [0.1, 0.15) is 5.76 Å².